The largest absolute Gasteiger partial charge is 0.0648 e. The van der Waals surface area contributed by atoms with Crippen LogP contribution in [0.3, 0.4) is 0 Å². The second-order valence-electron chi connectivity index (χ2n) is 14.5. The highest BCUT2D eigenvalue weighted by Gasteiger charge is 2.69. The first-order valence-electron chi connectivity index (χ1n) is 14.7. The molecule has 5 aliphatic carbocycles. The molecule has 0 amide bonds. The van der Waals surface area contributed by atoms with E-state index in [9.17, 15) is 0 Å². The van der Waals surface area contributed by atoms with Gasteiger partial charge in [0, 0.05) is 0 Å². The fourth-order valence-corrected chi connectivity index (χ4v) is 12.4. The summed E-state index contributed by atoms with van der Waals surface area (Å²) in [6.45, 7) is 18.3. The van der Waals surface area contributed by atoms with Crippen molar-refractivity contribution >= 4 is 0 Å². The van der Waals surface area contributed by atoms with Crippen LogP contribution in [0.5, 0.6) is 0 Å². The summed E-state index contributed by atoms with van der Waals surface area (Å²) < 4.78 is 0. The zero-order valence-corrected chi connectivity index (χ0v) is 22.2. The molecule has 5 aliphatic rings. The topological polar surface area (TPSA) is 0 Å². The van der Waals surface area contributed by atoms with Crippen molar-refractivity contribution < 1.29 is 0 Å². The third-order valence-electron chi connectivity index (χ3n) is 13.6. The third kappa shape index (κ3) is 2.84. The standard InChI is InChI=1S/C31H54/c1-8-30-19-15-24-23(11-10-17-28(24,5)6)26(30)12-13-27-29(7)18-14-22(21(3)4)25(29)16-20-31(27,30)9-2/h21-27H,8-20H2,1-7H3/t22-,23+,24-,25-,26-,27-,29+,30-,31-/m1/s1. The maximum atomic E-state index is 2.80. The van der Waals surface area contributed by atoms with Crippen molar-refractivity contribution in [1.82, 2.24) is 0 Å². The quantitative estimate of drug-likeness (QED) is 0.421. The molecule has 0 heteroatoms. The molecule has 0 spiro atoms. The van der Waals surface area contributed by atoms with Crippen LogP contribution in [0, 0.1) is 63.1 Å². The van der Waals surface area contributed by atoms with E-state index in [1.165, 1.54) is 38.5 Å². The summed E-state index contributed by atoms with van der Waals surface area (Å²) in [6, 6.07) is 0. The van der Waals surface area contributed by atoms with Gasteiger partial charge in [-0.2, -0.15) is 0 Å². The minimum atomic E-state index is 0.596. The molecule has 0 radical (unpaired) electrons. The number of fused-ring (bicyclic) bond motifs is 7. The van der Waals surface area contributed by atoms with E-state index in [-0.39, 0.29) is 0 Å². The summed E-state index contributed by atoms with van der Waals surface area (Å²) in [5.41, 5.74) is 2.54. The third-order valence-corrected chi connectivity index (χ3v) is 13.6. The van der Waals surface area contributed by atoms with Gasteiger partial charge in [0.1, 0.15) is 0 Å². The molecule has 0 nitrogen and oxygen atoms in total. The molecule has 0 unspecified atom stereocenters. The van der Waals surface area contributed by atoms with Crippen LogP contribution >= 0.6 is 0 Å². The SMILES string of the molecule is CC[C@@]12CC[C@@H]3[C@H](CCCC3(C)C)[C@H]1CC[C@@H]1[C@@]3(C)CC[C@H](C(C)C)[C@H]3CC[C@]12CC. The van der Waals surface area contributed by atoms with E-state index in [0.717, 1.165) is 41.4 Å². The first-order chi connectivity index (χ1) is 14.7. The summed E-state index contributed by atoms with van der Waals surface area (Å²) in [5, 5.41) is 0. The van der Waals surface area contributed by atoms with Gasteiger partial charge in [-0.1, -0.05) is 54.9 Å². The number of hydrogen-bond donors (Lipinski definition) is 0. The van der Waals surface area contributed by atoms with E-state index < -0.39 is 0 Å². The van der Waals surface area contributed by atoms with Crippen molar-refractivity contribution in [2.24, 2.45) is 63.1 Å². The number of rotatable bonds is 3. The van der Waals surface area contributed by atoms with Crippen molar-refractivity contribution in [3.63, 3.8) is 0 Å². The Labute approximate surface area is 195 Å². The van der Waals surface area contributed by atoms with Gasteiger partial charge >= 0.3 is 0 Å². The molecular formula is C31H54. The van der Waals surface area contributed by atoms with Crippen LogP contribution in [0.15, 0.2) is 0 Å². The van der Waals surface area contributed by atoms with Crippen molar-refractivity contribution in [3.8, 4) is 0 Å². The lowest BCUT2D eigenvalue weighted by Gasteiger charge is -2.72. The Balaban J connectivity index is 1.55. The number of hydrogen-bond acceptors (Lipinski definition) is 0. The second kappa shape index (κ2) is 7.50. The van der Waals surface area contributed by atoms with Crippen LogP contribution < -0.4 is 0 Å². The van der Waals surface area contributed by atoms with Gasteiger partial charge in [-0.05, 0) is 140 Å². The van der Waals surface area contributed by atoms with Gasteiger partial charge in [0.25, 0.3) is 0 Å². The van der Waals surface area contributed by atoms with Gasteiger partial charge in [0.05, 0.1) is 0 Å². The normalized spacial score (nSPS) is 53.4. The van der Waals surface area contributed by atoms with Gasteiger partial charge in [0.15, 0.2) is 0 Å². The lowest BCUT2D eigenvalue weighted by atomic mass is 9.32. The van der Waals surface area contributed by atoms with Crippen LogP contribution in [-0.4, -0.2) is 0 Å². The van der Waals surface area contributed by atoms with Gasteiger partial charge < -0.3 is 0 Å². The molecule has 31 heavy (non-hydrogen) atoms. The van der Waals surface area contributed by atoms with Crippen molar-refractivity contribution in [2.75, 3.05) is 0 Å². The lowest BCUT2D eigenvalue weighted by molar-refractivity contribution is -0.234. The van der Waals surface area contributed by atoms with Crippen LogP contribution in [0.25, 0.3) is 0 Å². The molecule has 0 heterocycles. The van der Waals surface area contributed by atoms with E-state index in [0.29, 0.717) is 21.7 Å². The summed E-state index contributed by atoms with van der Waals surface area (Å²) in [5.74, 6) is 7.01. The van der Waals surface area contributed by atoms with Crippen LogP contribution in [-0.2, 0) is 0 Å². The zero-order valence-electron chi connectivity index (χ0n) is 22.2. The molecule has 5 fully saturated rings. The van der Waals surface area contributed by atoms with E-state index in [1.54, 1.807) is 44.9 Å². The molecule has 5 rings (SSSR count). The minimum Gasteiger partial charge on any atom is -0.0648 e. The highest BCUT2D eigenvalue weighted by atomic mass is 14.7. The zero-order chi connectivity index (χ0) is 22.2. The second-order valence-corrected chi connectivity index (χ2v) is 14.5. The van der Waals surface area contributed by atoms with Gasteiger partial charge in [-0.15, -0.1) is 0 Å². The van der Waals surface area contributed by atoms with Crippen molar-refractivity contribution in [2.45, 2.75) is 132 Å². The first-order valence-corrected chi connectivity index (χ1v) is 14.7. The monoisotopic (exact) mass is 426 g/mol. The molecule has 0 aliphatic heterocycles. The highest BCUT2D eigenvalue weighted by Crippen LogP contribution is 2.77. The predicted octanol–water partition coefficient (Wildman–Crippen LogP) is 9.52. The summed E-state index contributed by atoms with van der Waals surface area (Å²) in [6.07, 6.45) is 19.9. The van der Waals surface area contributed by atoms with E-state index in [2.05, 4.69) is 48.5 Å². The Hall–Kier alpha value is 0. The van der Waals surface area contributed by atoms with Crippen molar-refractivity contribution in [3.05, 3.63) is 0 Å². The maximum Gasteiger partial charge on any atom is -0.0207 e. The average Bonchev–Trinajstić information content (AvgIpc) is 3.10. The molecular weight excluding hydrogens is 372 g/mol. The first kappa shape index (κ1) is 22.8. The summed E-state index contributed by atoms with van der Waals surface area (Å²) in [4.78, 5) is 0. The molecule has 9 atom stereocenters. The Morgan fingerprint density at radius 3 is 2.03 bits per heavy atom. The van der Waals surface area contributed by atoms with E-state index in [4.69, 9.17) is 0 Å². The summed E-state index contributed by atoms with van der Waals surface area (Å²) >= 11 is 0. The van der Waals surface area contributed by atoms with Crippen LogP contribution in [0.1, 0.15) is 132 Å². The lowest BCUT2D eigenvalue weighted by Crippen LogP contribution is -2.65. The molecule has 0 saturated heterocycles. The van der Waals surface area contributed by atoms with E-state index in [1.807, 2.05) is 0 Å². The average molecular weight is 427 g/mol. The summed E-state index contributed by atoms with van der Waals surface area (Å²) in [7, 11) is 0. The van der Waals surface area contributed by atoms with Gasteiger partial charge in [-0.25, -0.2) is 0 Å². The predicted molar refractivity (Wildman–Crippen MR) is 134 cm³/mol. The highest BCUT2D eigenvalue weighted by molar-refractivity contribution is 5.18. The van der Waals surface area contributed by atoms with Crippen molar-refractivity contribution in [1.29, 1.82) is 0 Å². The smallest absolute Gasteiger partial charge is 0.0207 e. The molecule has 178 valence electrons. The Morgan fingerprint density at radius 2 is 1.35 bits per heavy atom. The Morgan fingerprint density at radius 1 is 0.677 bits per heavy atom. The van der Waals surface area contributed by atoms with Crippen LogP contribution in [0.4, 0.5) is 0 Å². The molecule has 0 N–H and O–H groups in total. The van der Waals surface area contributed by atoms with Crippen LogP contribution in [0.2, 0.25) is 0 Å². The maximum absolute atomic E-state index is 2.80. The molecule has 0 aromatic rings. The minimum absolute atomic E-state index is 0.596. The fraction of sp³-hybridized carbons (Fsp3) is 1.00. The molecule has 0 aromatic carbocycles. The molecule has 5 saturated carbocycles. The fourth-order valence-electron chi connectivity index (χ4n) is 12.4. The van der Waals surface area contributed by atoms with Gasteiger partial charge in [0.2, 0.25) is 0 Å². The van der Waals surface area contributed by atoms with E-state index >= 15 is 0 Å². The Kier molecular flexibility index (Phi) is 5.51. The molecule has 0 bridgehead atoms. The molecule has 0 aromatic heterocycles. The Bertz CT molecular complexity index is 674. The van der Waals surface area contributed by atoms with Gasteiger partial charge in [-0.3, -0.25) is 0 Å².